The van der Waals surface area contributed by atoms with E-state index in [9.17, 15) is 9.90 Å². The Morgan fingerprint density at radius 3 is 2.73 bits per heavy atom. The molecule has 6 rings (SSSR count). The maximum Gasteiger partial charge on any atom is 0.306 e. The normalized spacial score (nSPS) is 21.0. The first-order valence-corrected chi connectivity index (χ1v) is 14.9. The average molecular weight is 559 g/mol. The summed E-state index contributed by atoms with van der Waals surface area (Å²) < 4.78 is 27.1. The van der Waals surface area contributed by atoms with Gasteiger partial charge in [0.25, 0.3) is 0 Å². The number of aryl methyl sites for hydroxylation is 1. The van der Waals surface area contributed by atoms with Crippen LogP contribution < -0.4 is 9.47 Å². The number of carboxylic acid groups (broad SMARTS) is 1. The van der Waals surface area contributed by atoms with Crippen LogP contribution in [0.1, 0.15) is 86.6 Å². The molecule has 216 valence electrons. The summed E-state index contributed by atoms with van der Waals surface area (Å²) in [7, 11) is 1.55. The molecule has 1 saturated carbocycles. The molecule has 1 aromatic heterocycles. The molecule has 0 amide bonds. The van der Waals surface area contributed by atoms with Crippen molar-refractivity contribution in [1.29, 1.82) is 0 Å². The van der Waals surface area contributed by atoms with Crippen LogP contribution >= 0.6 is 0 Å². The molecule has 0 radical (unpaired) electrons. The van der Waals surface area contributed by atoms with Crippen molar-refractivity contribution < 1.29 is 23.8 Å². The molecule has 3 aromatic rings. The van der Waals surface area contributed by atoms with Gasteiger partial charge in [0.1, 0.15) is 17.7 Å². The van der Waals surface area contributed by atoms with Crippen molar-refractivity contribution in [2.45, 2.75) is 82.9 Å². The van der Waals surface area contributed by atoms with Crippen LogP contribution in [-0.4, -0.2) is 40.2 Å². The standard InChI is InChI=1S/C34H39FN2O4/c1-21(22(2)33(38)39)24-7-6-23-9-11-30(41-31(23)17-24)25-8-10-27(28-18-32(40-3)36-19-29(28)35)26(16-25)20-37-15-5-4-12-34(37)13-14-34/h6-8,10,16-19,21-22,30H,4-5,9,11-15,20H2,1-3H3,(H,38,39)/t21-,22+,30?/m1/s1. The van der Waals surface area contributed by atoms with Crippen molar-refractivity contribution in [3.63, 3.8) is 0 Å². The van der Waals surface area contributed by atoms with Crippen LogP contribution in [0.15, 0.2) is 48.7 Å². The van der Waals surface area contributed by atoms with Gasteiger partial charge in [-0.25, -0.2) is 9.37 Å². The number of carbonyl (C=O) groups is 1. The number of carboxylic acids is 1. The number of piperidine rings is 1. The number of ether oxygens (including phenoxy) is 2. The molecule has 1 N–H and O–H groups in total. The van der Waals surface area contributed by atoms with Gasteiger partial charge in [-0.2, -0.15) is 0 Å². The fraction of sp³-hybridized carbons (Fsp3) is 0.471. The summed E-state index contributed by atoms with van der Waals surface area (Å²) in [4.78, 5) is 18.2. The summed E-state index contributed by atoms with van der Waals surface area (Å²) in [5.74, 6) is -0.557. The minimum atomic E-state index is -0.799. The van der Waals surface area contributed by atoms with Gasteiger partial charge in [-0.3, -0.25) is 9.69 Å². The summed E-state index contributed by atoms with van der Waals surface area (Å²) in [5, 5.41) is 9.51. The molecule has 2 aromatic carbocycles. The molecule has 3 heterocycles. The molecule has 1 unspecified atom stereocenters. The predicted molar refractivity (Wildman–Crippen MR) is 156 cm³/mol. The molecule has 3 atom stereocenters. The highest BCUT2D eigenvalue weighted by molar-refractivity contribution is 5.71. The van der Waals surface area contributed by atoms with E-state index < -0.39 is 11.9 Å². The number of nitrogens with zero attached hydrogens (tertiary/aromatic N) is 2. The van der Waals surface area contributed by atoms with E-state index in [1.807, 2.05) is 25.1 Å². The summed E-state index contributed by atoms with van der Waals surface area (Å²) in [6.07, 6.45) is 9.02. The van der Waals surface area contributed by atoms with Crippen LogP contribution in [0.25, 0.3) is 11.1 Å². The third-order valence-corrected chi connectivity index (χ3v) is 9.71. The van der Waals surface area contributed by atoms with Crippen LogP contribution in [0, 0.1) is 11.7 Å². The highest BCUT2D eigenvalue weighted by Crippen LogP contribution is 2.49. The van der Waals surface area contributed by atoms with Crippen LogP contribution in [0.2, 0.25) is 0 Å². The van der Waals surface area contributed by atoms with E-state index >= 15 is 4.39 Å². The van der Waals surface area contributed by atoms with Crippen molar-refractivity contribution in [1.82, 2.24) is 9.88 Å². The minimum absolute atomic E-state index is 0.126. The molecule has 7 heteroatoms. The highest BCUT2D eigenvalue weighted by atomic mass is 19.1. The lowest BCUT2D eigenvalue weighted by atomic mass is 9.87. The zero-order chi connectivity index (χ0) is 28.7. The van der Waals surface area contributed by atoms with Gasteiger partial charge in [-0.1, -0.05) is 50.6 Å². The molecular formula is C34H39FN2O4. The number of hydrogen-bond acceptors (Lipinski definition) is 5. The molecule has 2 aliphatic heterocycles. The van der Waals surface area contributed by atoms with Gasteiger partial charge in [0.05, 0.1) is 19.2 Å². The lowest BCUT2D eigenvalue weighted by Crippen LogP contribution is -2.40. The second kappa shape index (κ2) is 11.1. The van der Waals surface area contributed by atoms with E-state index in [0.29, 0.717) is 17.0 Å². The number of methoxy groups -OCH3 is 1. The number of pyridine rings is 1. The van der Waals surface area contributed by atoms with Crippen LogP contribution in [0.3, 0.4) is 0 Å². The summed E-state index contributed by atoms with van der Waals surface area (Å²) in [6, 6.07) is 14.1. The monoisotopic (exact) mass is 558 g/mol. The Kier molecular flexibility index (Phi) is 7.49. The van der Waals surface area contributed by atoms with Crippen molar-refractivity contribution in [3.05, 3.63) is 76.7 Å². The summed E-state index contributed by atoms with van der Waals surface area (Å²) in [5.41, 5.74) is 5.96. The number of halogens is 1. The van der Waals surface area contributed by atoms with Gasteiger partial charge < -0.3 is 14.6 Å². The van der Waals surface area contributed by atoms with E-state index in [-0.39, 0.29) is 17.8 Å². The maximum atomic E-state index is 15.2. The Hall–Kier alpha value is -3.45. The maximum absolute atomic E-state index is 15.2. The lowest BCUT2D eigenvalue weighted by molar-refractivity contribution is -0.141. The van der Waals surface area contributed by atoms with E-state index in [4.69, 9.17) is 9.47 Å². The Morgan fingerprint density at radius 2 is 1.98 bits per heavy atom. The van der Waals surface area contributed by atoms with Gasteiger partial charge in [-0.15, -0.1) is 0 Å². The number of fused-ring (bicyclic) bond motifs is 1. The Labute approximate surface area is 241 Å². The summed E-state index contributed by atoms with van der Waals surface area (Å²) in [6.45, 7) is 5.53. The molecular weight excluding hydrogens is 519 g/mol. The Morgan fingerprint density at radius 1 is 1.15 bits per heavy atom. The number of likely N-dealkylation sites (tertiary alicyclic amines) is 1. The van der Waals surface area contributed by atoms with E-state index in [1.54, 1.807) is 20.1 Å². The number of rotatable bonds is 8. The van der Waals surface area contributed by atoms with E-state index in [0.717, 1.165) is 59.5 Å². The Bertz CT molecular complexity index is 1450. The zero-order valence-corrected chi connectivity index (χ0v) is 24.2. The zero-order valence-electron chi connectivity index (χ0n) is 24.2. The number of hydrogen-bond donors (Lipinski definition) is 1. The second-order valence-corrected chi connectivity index (χ2v) is 12.2. The molecule has 41 heavy (non-hydrogen) atoms. The van der Waals surface area contributed by atoms with Crippen LogP contribution in [0.4, 0.5) is 4.39 Å². The first-order valence-electron chi connectivity index (χ1n) is 14.9. The first kappa shape index (κ1) is 27.7. The molecule has 0 bridgehead atoms. The van der Waals surface area contributed by atoms with Crippen molar-refractivity contribution >= 4 is 5.97 Å². The molecule has 6 nitrogen and oxygen atoms in total. The van der Waals surface area contributed by atoms with Crippen molar-refractivity contribution in [2.24, 2.45) is 5.92 Å². The van der Waals surface area contributed by atoms with Gasteiger partial charge >= 0.3 is 5.97 Å². The topological polar surface area (TPSA) is 71.9 Å². The quantitative estimate of drug-likeness (QED) is 0.313. The predicted octanol–water partition coefficient (Wildman–Crippen LogP) is 7.31. The highest BCUT2D eigenvalue weighted by Gasteiger charge is 2.48. The molecule has 1 aliphatic carbocycles. The van der Waals surface area contributed by atoms with E-state index in [2.05, 4.69) is 28.1 Å². The van der Waals surface area contributed by atoms with Crippen LogP contribution in [0.5, 0.6) is 11.6 Å². The number of aromatic nitrogens is 1. The van der Waals surface area contributed by atoms with Crippen LogP contribution in [-0.2, 0) is 17.8 Å². The molecule has 1 saturated heterocycles. The first-order chi connectivity index (χ1) is 19.8. The largest absolute Gasteiger partial charge is 0.485 e. The Balaban J connectivity index is 1.33. The average Bonchev–Trinajstić information content (AvgIpc) is 3.77. The fourth-order valence-corrected chi connectivity index (χ4v) is 6.67. The molecule has 1 spiro atoms. The molecule has 2 fully saturated rings. The van der Waals surface area contributed by atoms with E-state index in [1.165, 1.54) is 38.3 Å². The molecule has 3 aliphatic rings. The summed E-state index contributed by atoms with van der Waals surface area (Å²) >= 11 is 0. The van der Waals surface area contributed by atoms with Gasteiger partial charge in [0, 0.05) is 23.7 Å². The third-order valence-electron chi connectivity index (χ3n) is 9.71. The number of aliphatic carboxylic acids is 1. The van der Waals surface area contributed by atoms with Gasteiger partial charge in [-0.05, 0) is 84.9 Å². The van der Waals surface area contributed by atoms with Gasteiger partial charge in [0.15, 0.2) is 0 Å². The fourth-order valence-electron chi connectivity index (χ4n) is 6.67. The minimum Gasteiger partial charge on any atom is -0.485 e. The van der Waals surface area contributed by atoms with Crippen molar-refractivity contribution in [3.8, 4) is 22.8 Å². The van der Waals surface area contributed by atoms with Crippen molar-refractivity contribution in [2.75, 3.05) is 13.7 Å². The van der Waals surface area contributed by atoms with Gasteiger partial charge in [0.2, 0.25) is 5.88 Å². The lowest BCUT2D eigenvalue weighted by Gasteiger charge is -2.37. The third kappa shape index (κ3) is 5.44. The second-order valence-electron chi connectivity index (χ2n) is 12.2. The SMILES string of the molecule is COc1cc(-c2ccc(C3CCc4ccc([C@H](C)[C@H](C)C(=O)O)cc4O3)cc2CN2CCCCC23CC3)c(F)cn1. The number of benzene rings is 2. The smallest absolute Gasteiger partial charge is 0.306 e.